The Balaban J connectivity index is 1.35. The van der Waals surface area contributed by atoms with E-state index in [4.69, 9.17) is 33.5 Å². The number of alkyl halides is 1. The van der Waals surface area contributed by atoms with Crippen LogP contribution in [0, 0.1) is 5.41 Å². The van der Waals surface area contributed by atoms with Crippen molar-refractivity contribution in [1.82, 2.24) is 24.8 Å². The highest BCUT2D eigenvalue weighted by atomic mass is 32.2. The van der Waals surface area contributed by atoms with Crippen LogP contribution in [0.15, 0.2) is 6.33 Å². The zero-order valence-corrected chi connectivity index (χ0v) is 24.3. The number of alkyl carbamates (subject to hydrolysis) is 1. The predicted octanol–water partition coefficient (Wildman–Crippen LogP) is 2.61. The Morgan fingerprint density at radius 3 is 2.85 bits per heavy atom. The van der Waals surface area contributed by atoms with Gasteiger partial charge in [-0.3, -0.25) is 22.9 Å². The maximum atomic E-state index is 16.2. The van der Waals surface area contributed by atoms with E-state index in [1.807, 2.05) is 0 Å². The summed E-state index contributed by atoms with van der Waals surface area (Å²) in [5.74, 6) is 0.127. The molecule has 0 bridgehead atoms. The fraction of sp³-hybridized carbons (Fsp3) is 0.682. The van der Waals surface area contributed by atoms with Crippen molar-refractivity contribution in [2.75, 3.05) is 45.0 Å². The number of rotatable bonds is 10. The first-order valence-electron chi connectivity index (χ1n) is 12.3. The van der Waals surface area contributed by atoms with Crippen LogP contribution in [0.5, 0.6) is 5.88 Å². The number of ether oxygens (including phenoxy) is 3. The van der Waals surface area contributed by atoms with Crippen LogP contribution in [0.4, 0.5) is 15.1 Å². The third-order valence-electron chi connectivity index (χ3n) is 6.24. The molecule has 2 aromatic rings. The van der Waals surface area contributed by atoms with Crippen LogP contribution >= 0.6 is 19.6 Å². The average molecular weight is 607 g/mol. The second kappa shape index (κ2) is 11.7. The van der Waals surface area contributed by atoms with Crippen LogP contribution in [0.1, 0.15) is 33.9 Å². The molecule has 4 rings (SSSR count). The highest BCUT2D eigenvalue weighted by Crippen LogP contribution is 2.59. The van der Waals surface area contributed by atoms with E-state index in [-0.39, 0.29) is 60.2 Å². The Bertz CT molecular complexity index is 1310. The van der Waals surface area contributed by atoms with Crippen LogP contribution in [-0.2, 0) is 32.4 Å². The smallest absolute Gasteiger partial charge is 0.475 e. The van der Waals surface area contributed by atoms with Crippen molar-refractivity contribution in [3.63, 3.8) is 0 Å². The van der Waals surface area contributed by atoms with Crippen molar-refractivity contribution in [2.45, 2.75) is 51.8 Å². The van der Waals surface area contributed by atoms with Gasteiger partial charge in [0, 0.05) is 12.3 Å². The number of nitrogens with two attached hydrogens (primary N) is 1. The first-order valence-corrected chi connectivity index (χ1v) is 14.8. The van der Waals surface area contributed by atoms with E-state index in [0.717, 1.165) is 11.8 Å². The number of anilines is 1. The summed E-state index contributed by atoms with van der Waals surface area (Å²) in [6.07, 6.45) is -2.79. The molecule has 0 spiro atoms. The zero-order valence-electron chi connectivity index (χ0n) is 22.6. The number of phosphoric acid groups is 1. The van der Waals surface area contributed by atoms with Gasteiger partial charge in [-0.15, -0.1) is 0 Å². The Hall–Kier alpha value is -2.56. The minimum atomic E-state index is -4.18. The topological polar surface area (TPSA) is 188 Å². The molecule has 2 aromatic heterocycles. The number of carbonyl (C=O) groups excluding carboxylic acids is 2. The average Bonchev–Trinajstić information content (AvgIpc) is 3.42. The minimum absolute atomic E-state index is 0.0696. The van der Waals surface area contributed by atoms with Gasteiger partial charge in [0.25, 0.3) is 0 Å². The van der Waals surface area contributed by atoms with Crippen molar-refractivity contribution < 1.29 is 46.3 Å². The second-order valence-corrected chi connectivity index (χ2v) is 12.5. The lowest BCUT2D eigenvalue weighted by molar-refractivity contribution is -0.117. The van der Waals surface area contributed by atoms with Crippen molar-refractivity contribution in [3.8, 4) is 5.88 Å². The molecule has 18 heteroatoms. The molecule has 1 unspecified atom stereocenters. The second-order valence-electron chi connectivity index (χ2n) is 9.79. The van der Waals surface area contributed by atoms with Gasteiger partial charge in [-0.2, -0.15) is 9.97 Å². The monoisotopic (exact) mass is 606 g/mol. The minimum Gasteiger partial charge on any atom is -0.479 e. The SMILES string of the molecule is CCOC(=O)NCC(C)(C)C(=O)SCCOP1(=O)OC[C@H]2O[C@@H](n3cnc4c(OC)nc(N)nc43)[C@](C)(F)[C@@H]2O1. The molecule has 3 N–H and O–H groups in total. The third kappa shape index (κ3) is 6.19. The Kier molecular flexibility index (Phi) is 8.92. The lowest BCUT2D eigenvalue weighted by atomic mass is 9.96. The first-order chi connectivity index (χ1) is 18.8. The van der Waals surface area contributed by atoms with Crippen LogP contribution in [-0.4, -0.2) is 87.8 Å². The first kappa shape index (κ1) is 30.4. The fourth-order valence-corrected chi connectivity index (χ4v) is 6.56. The van der Waals surface area contributed by atoms with Crippen LogP contribution in [0.25, 0.3) is 11.2 Å². The number of methoxy groups -OCH3 is 1. The van der Waals surface area contributed by atoms with Crippen molar-refractivity contribution in [1.29, 1.82) is 0 Å². The molecule has 2 aliphatic heterocycles. The van der Waals surface area contributed by atoms with E-state index in [9.17, 15) is 14.2 Å². The summed E-state index contributed by atoms with van der Waals surface area (Å²) in [4.78, 5) is 36.4. The van der Waals surface area contributed by atoms with Gasteiger partial charge in [0.05, 0.1) is 38.7 Å². The summed E-state index contributed by atoms with van der Waals surface area (Å²) in [6, 6.07) is 0. The molecule has 0 aliphatic carbocycles. The number of nitrogen functional groups attached to an aromatic ring is 1. The summed E-state index contributed by atoms with van der Waals surface area (Å²) in [6.45, 7) is 6.10. The molecule has 222 valence electrons. The van der Waals surface area contributed by atoms with E-state index in [0.29, 0.717) is 0 Å². The molecule has 2 aliphatic rings. The summed E-state index contributed by atoms with van der Waals surface area (Å²) in [7, 11) is -2.79. The van der Waals surface area contributed by atoms with Crippen molar-refractivity contribution in [2.24, 2.45) is 5.41 Å². The number of amides is 1. The quantitative estimate of drug-likeness (QED) is 0.297. The molecule has 0 saturated carbocycles. The molecule has 40 heavy (non-hydrogen) atoms. The van der Waals surface area contributed by atoms with Gasteiger partial charge >= 0.3 is 13.9 Å². The lowest BCUT2D eigenvalue weighted by Gasteiger charge is -2.33. The zero-order chi connectivity index (χ0) is 29.3. The number of thioether (sulfide) groups is 1. The van der Waals surface area contributed by atoms with Gasteiger partial charge in [0.2, 0.25) is 11.8 Å². The number of halogens is 1. The van der Waals surface area contributed by atoms with Crippen LogP contribution in [0.2, 0.25) is 0 Å². The van der Waals surface area contributed by atoms with E-state index in [1.165, 1.54) is 24.9 Å². The number of fused-ring (bicyclic) bond motifs is 2. The maximum Gasteiger partial charge on any atom is 0.475 e. The highest BCUT2D eigenvalue weighted by Gasteiger charge is 2.61. The Morgan fingerprint density at radius 1 is 1.40 bits per heavy atom. The normalized spacial score (nSPS) is 28.3. The molecule has 15 nitrogen and oxygen atoms in total. The number of aromatic nitrogens is 4. The molecule has 2 fully saturated rings. The van der Waals surface area contributed by atoms with Gasteiger partial charge < -0.3 is 25.3 Å². The number of phosphoric ester groups is 1. The van der Waals surface area contributed by atoms with Crippen molar-refractivity contribution >= 4 is 47.9 Å². The summed E-state index contributed by atoms with van der Waals surface area (Å²) in [5, 5.41) is 2.30. The summed E-state index contributed by atoms with van der Waals surface area (Å²) in [5.41, 5.74) is 3.09. The fourth-order valence-electron chi connectivity index (χ4n) is 4.16. The number of carbonyl (C=O) groups is 2. The Morgan fingerprint density at radius 2 is 2.15 bits per heavy atom. The molecule has 0 radical (unpaired) electrons. The number of hydrogen-bond donors (Lipinski definition) is 2. The number of nitrogens with one attached hydrogen (secondary N) is 1. The largest absolute Gasteiger partial charge is 0.479 e. The standard InChI is InChI=1S/C22H32FN6O9PS/c1-6-34-20(31)25-10-21(2,3)18(30)40-8-7-35-39(32)36-9-12-14(38-39)22(4,23)17(37-12)29-11-26-13-15(29)27-19(24)28-16(13)33-5/h11-12,14,17H,6-10H2,1-5H3,(H,25,31)(H2,24,27,28)/t12-,14-,17-,22-,39?/m1/s1. The highest BCUT2D eigenvalue weighted by molar-refractivity contribution is 8.13. The maximum absolute atomic E-state index is 16.2. The van der Waals surface area contributed by atoms with Gasteiger partial charge in [-0.25, -0.2) is 18.7 Å². The van der Waals surface area contributed by atoms with Gasteiger partial charge in [-0.1, -0.05) is 25.6 Å². The third-order valence-corrected chi connectivity index (χ3v) is 8.88. The number of nitrogens with zero attached hydrogens (tertiary/aromatic N) is 4. The Labute approximate surface area is 233 Å². The molecule has 1 amide bonds. The molecule has 4 heterocycles. The van der Waals surface area contributed by atoms with Gasteiger partial charge in [-0.05, 0) is 13.8 Å². The van der Waals surface area contributed by atoms with E-state index < -0.39 is 43.4 Å². The summed E-state index contributed by atoms with van der Waals surface area (Å²) >= 11 is 0.929. The van der Waals surface area contributed by atoms with Crippen LogP contribution in [0.3, 0.4) is 0 Å². The summed E-state index contributed by atoms with van der Waals surface area (Å²) < 4.78 is 62.8. The van der Waals surface area contributed by atoms with E-state index >= 15 is 4.39 Å². The number of hydrogen-bond acceptors (Lipinski definition) is 14. The van der Waals surface area contributed by atoms with Crippen LogP contribution < -0.4 is 15.8 Å². The van der Waals surface area contributed by atoms with E-state index in [1.54, 1.807) is 20.8 Å². The number of imidazole rings is 1. The van der Waals surface area contributed by atoms with Gasteiger partial charge in [0.1, 0.15) is 12.2 Å². The van der Waals surface area contributed by atoms with Gasteiger partial charge in [0.15, 0.2) is 28.2 Å². The van der Waals surface area contributed by atoms with E-state index in [2.05, 4.69) is 20.3 Å². The molecule has 5 atom stereocenters. The molecule has 0 aromatic carbocycles. The molecular weight excluding hydrogens is 574 g/mol. The predicted molar refractivity (Wildman–Crippen MR) is 140 cm³/mol. The molecular formula is C22H32FN6O9PS. The lowest BCUT2D eigenvalue weighted by Crippen LogP contribution is -2.44. The molecule has 2 saturated heterocycles. The van der Waals surface area contributed by atoms with Crippen molar-refractivity contribution in [3.05, 3.63) is 6.33 Å².